The van der Waals surface area contributed by atoms with Crippen LogP contribution < -0.4 is 0 Å². The molecule has 118 valence electrons. The highest BCUT2D eigenvalue weighted by molar-refractivity contribution is 7.99. The summed E-state index contributed by atoms with van der Waals surface area (Å²) in [5.74, 6) is 1.45. The second-order valence-electron chi connectivity index (χ2n) is 5.48. The minimum Gasteiger partial charge on any atom is -0.258 e. The van der Waals surface area contributed by atoms with E-state index in [-0.39, 0.29) is 5.69 Å². The molecule has 7 nitrogen and oxygen atoms in total. The lowest BCUT2D eigenvalue weighted by Crippen LogP contribution is -1.98. The number of fused-ring (bicyclic) bond motifs is 1. The molecule has 0 saturated heterocycles. The first-order valence-electron chi connectivity index (χ1n) is 7.14. The number of non-ortho nitro benzene ring substituents is 1. The van der Waals surface area contributed by atoms with Crippen molar-refractivity contribution >= 4 is 23.1 Å². The number of hydrogen-bond donors (Lipinski definition) is 0. The zero-order valence-corrected chi connectivity index (χ0v) is 13.5. The van der Waals surface area contributed by atoms with Crippen molar-refractivity contribution < 1.29 is 4.92 Å². The van der Waals surface area contributed by atoms with Gasteiger partial charge in [0.1, 0.15) is 0 Å². The van der Waals surface area contributed by atoms with Crippen molar-refractivity contribution in [2.45, 2.75) is 19.0 Å². The van der Waals surface area contributed by atoms with Crippen LogP contribution in [-0.2, 0) is 0 Å². The molecule has 23 heavy (non-hydrogen) atoms. The molecule has 0 saturated carbocycles. The molecular weight excluding hydrogens is 314 g/mol. The zero-order valence-electron chi connectivity index (χ0n) is 12.7. The van der Waals surface area contributed by atoms with Gasteiger partial charge >= 0.3 is 0 Å². The van der Waals surface area contributed by atoms with Gasteiger partial charge in [-0.05, 0) is 18.1 Å². The molecule has 0 spiro atoms. The summed E-state index contributed by atoms with van der Waals surface area (Å²) in [5.41, 5.74) is 2.04. The Morgan fingerprint density at radius 1 is 1.26 bits per heavy atom. The van der Waals surface area contributed by atoms with Crippen LogP contribution in [0.1, 0.15) is 13.8 Å². The van der Waals surface area contributed by atoms with Gasteiger partial charge in [-0.25, -0.2) is 0 Å². The lowest BCUT2D eigenvalue weighted by Gasteiger charge is -2.04. The van der Waals surface area contributed by atoms with Crippen molar-refractivity contribution in [1.29, 1.82) is 0 Å². The molecule has 0 bridgehead atoms. The van der Waals surface area contributed by atoms with Crippen LogP contribution in [0.4, 0.5) is 5.69 Å². The maximum Gasteiger partial charge on any atom is 0.270 e. The third kappa shape index (κ3) is 3.31. The minimum atomic E-state index is -0.412. The van der Waals surface area contributed by atoms with Crippen LogP contribution in [0.25, 0.3) is 16.9 Å². The molecule has 0 unspecified atom stereocenters. The number of nitro benzene ring substituents is 1. The Labute approximate surface area is 136 Å². The molecule has 1 aromatic carbocycles. The lowest BCUT2D eigenvalue weighted by atomic mass is 10.1. The Hall–Kier alpha value is -2.48. The predicted octanol–water partition coefficient (Wildman–Crippen LogP) is 3.45. The van der Waals surface area contributed by atoms with Gasteiger partial charge in [0.15, 0.2) is 5.65 Å². The van der Waals surface area contributed by atoms with Gasteiger partial charge in [-0.3, -0.25) is 10.1 Å². The van der Waals surface area contributed by atoms with Crippen molar-refractivity contribution in [3.05, 3.63) is 46.5 Å². The molecular formula is C15H15N5O2S. The standard InChI is InChI=1S/C15H15N5O2S/c1-10(2)9-23-15-17-16-14-7-6-13(18-19(14)15)11-4-3-5-12(8-11)20(21)22/h3-8,10H,9H2,1-2H3. The zero-order chi connectivity index (χ0) is 16.4. The van der Waals surface area contributed by atoms with Crippen LogP contribution in [-0.4, -0.2) is 30.5 Å². The molecule has 0 aliphatic rings. The SMILES string of the molecule is CC(C)CSc1nnc2ccc(-c3cccc([N+](=O)[O-])c3)nn12. The van der Waals surface area contributed by atoms with E-state index < -0.39 is 4.92 Å². The van der Waals surface area contributed by atoms with Crippen LogP contribution >= 0.6 is 11.8 Å². The summed E-state index contributed by atoms with van der Waals surface area (Å²) in [6.07, 6.45) is 0. The first kappa shape index (κ1) is 15.4. The van der Waals surface area contributed by atoms with Gasteiger partial charge in [-0.2, -0.15) is 9.61 Å². The van der Waals surface area contributed by atoms with E-state index in [9.17, 15) is 10.1 Å². The summed E-state index contributed by atoms with van der Waals surface area (Å²) < 4.78 is 1.68. The van der Waals surface area contributed by atoms with Gasteiger partial charge in [0.05, 0.1) is 10.6 Å². The highest BCUT2D eigenvalue weighted by Crippen LogP contribution is 2.24. The topological polar surface area (TPSA) is 86.2 Å². The van der Waals surface area contributed by atoms with E-state index in [0.29, 0.717) is 22.8 Å². The lowest BCUT2D eigenvalue weighted by molar-refractivity contribution is -0.384. The summed E-state index contributed by atoms with van der Waals surface area (Å²) in [5, 5.41) is 24.4. The molecule has 0 radical (unpaired) electrons. The second kappa shape index (κ2) is 6.33. The van der Waals surface area contributed by atoms with Crippen LogP contribution in [0.2, 0.25) is 0 Å². The van der Waals surface area contributed by atoms with Crippen LogP contribution in [0.3, 0.4) is 0 Å². The fraction of sp³-hybridized carbons (Fsp3) is 0.267. The average molecular weight is 329 g/mol. The van der Waals surface area contributed by atoms with Gasteiger partial charge in [-0.15, -0.1) is 10.2 Å². The highest BCUT2D eigenvalue weighted by Gasteiger charge is 2.12. The van der Waals surface area contributed by atoms with Crippen molar-refractivity contribution in [2.24, 2.45) is 5.92 Å². The van der Waals surface area contributed by atoms with Gasteiger partial charge < -0.3 is 0 Å². The Kier molecular flexibility index (Phi) is 4.24. The molecule has 0 fully saturated rings. The molecule has 0 N–H and O–H groups in total. The minimum absolute atomic E-state index is 0.0440. The monoisotopic (exact) mass is 329 g/mol. The molecule has 0 aliphatic heterocycles. The van der Waals surface area contributed by atoms with E-state index >= 15 is 0 Å². The van der Waals surface area contributed by atoms with E-state index in [1.165, 1.54) is 12.1 Å². The van der Waals surface area contributed by atoms with Crippen molar-refractivity contribution in [3.63, 3.8) is 0 Å². The van der Waals surface area contributed by atoms with E-state index in [4.69, 9.17) is 0 Å². The Morgan fingerprint density at radius 2 is 2.09 bits per heavy atom. The highest BCUT2D eigenvalue weighted by atomic mass is 32.2. The van der Waals surface area contributed by atoms with E-state index in [2.05, 4.69) is 29.1 Å². The van der Waals surface area contributed by atoms with Gasteiger partial charge in [0.25, 0.3) is 5.69 Å². The van der Waals surface area contributed by atoms with Crippen LogP contribution in [0, 0.1) is 16.0 Å². The number of thioether (sulfide) groups is 1. The Bertz CT molecular complexity index is 862. The summed E-state index contributed by atoms with van der Waals surface area (Å²) in [6, 6.07) is 10.0. The van der Waals surface area contributed by atoms with Crippen molar-refractivity contribution in [1.82, 2.24) is 19.8 Å². The van der Waals surface area contributed by atoms with Crippen LogP contribution in [0.5, 0.6) is 0 Å². The third-order valence-corrected chi connectivity index (χ3v) is 4.48. The molecule has 0 aliphatic carbocycles. The van der Waals surface area contributed by atoms with Gasteiger partial charge in [0.2, 0.25) is 5.16 Å². The van der Waals surface area contributed by atoms with Crippen molar-refractivity contribution in [3.8, 4) is 11.3 Å². The Balaban J connectivity index is 2.00. The number of nitro groups is 1. The summed E-state index contributed by atoms with van der Waals surface area (Å²) in [6.45, 7) is 4.27. The summed E-state index contributed by atoms with van der Waals surface area (Å²) in [7, 11) is 0. The normalized spacial score (nSPS) is 11.3. The quantitative estimate of drug-likeness (QED) is 0.405. The summed E-state index contributed by atoms with van der Waals surface area (Å²) in [4.78, 5) is 10.5. The van der Waals surface area contributed by atoms with E-state index in [0.717, 1.165) is 10.9 Å². The number of aromatic nitrogens is 4. The molecule has 0 amide bonds. The molecule has 3 aromatic rings. The third-order valence-electron chi connectivity index (χ3n) is 3.13. The number of rotatable bonds is 5. The average Bonchev–Trinajstić information content (AvgIpc) is 2.95. The smallest absolute Gasteiger partial charge is 0.258 e. The fourth-order valence-electron chi connectivity index (χ4n) is 2.03. The molecule has 8 heteroatoms. The molecule has 3 rings (SSSR count). The number of benzene rings is 1. The van der Waals surface area contributed by atoms with Gasteiger partial charge in [-0.1, -0.05) is 37.7 Å². The maximum absolute atomic E-state index is 10.9. The molecule has 0 atom stereocenters. The van der Waals surface area contributed by atoms with Gasteiger partial charge in [0, 0.05) is 23.4 Å². The fourth-order valence-corrected chi connectivity index (χ4v) is 2.87. The van der Waals surface area contributed by atoms with E-state index in [1.807, 2.05) is 6.07 Å². The number of nitrogens with zero attached hydrogens (tertiary/aromatic N) is 5. The van der Waals surface area contributed by atoms with Crippen LogP contribution in [0.15, 0.2) is 41.6 Å². The summed E-state index contributed by atoms with van der Waals surface area (Å²) >= 11 is 1.60. The van der Waals surface area contributed by atoms with Crippen molar-refractivity contribution in [2.75, 3.05) is 5.75 Å². The first-order valence-corrected chi connectivity index (χ1v) is 8.13. The molecule has 2 aromatic heterocycles. The predicted molar refractivity (Wildman–Crippen MR) is 88.4 cm³/mol. The second-order valence-corrected chi connectivity index (χ2v) is 6.47. The van der Waals surface area contributed by atoms with E-state index in [1.54, 1.807) is 34.5 Å². The molecule has 2 heterocycles. The maximum atomic E-state index is 10.9. The first-order chi connectivity index (χ1) is 11.0. The largest absolute Gasteiger partial charge is 0.270 e. The number of hydrogen-bond acceptors (Lipinski definition) is 6. The Morgan fingerprint density at radius 3 is 2.83 bits per heavy atom.